The molecule has 64 valence electrons. The molecule has 0 saturated heterocycles. The minimum Gasteiger partial charge on any atom is -0.235 e. The molecule has 12 heavy (non-hydrogen) atoms. The lowest BCUT2D eigenvalue weighted by molar-refractivity contribution is 0.985. The summed E-state index contributed by atoms with van der Waals surface area (Å²) >= 11 is 3.32. The van der Waals surface area contributed by atoms with Crippen molar-refractivity contribution in [3.63, 3.8) is 0 Å². The minimum absolute atomic E-state index is 0.348. The Balaban J connectivity index is 2.47. The van der Waals surface area contributed by atoms with Gasteiger partial charge in [-0.15, -0.1) is 11.3 Å². The highest BCUT2D eigenvalue weighted by Gasteiger charge is 2.06. The van der Waals surface area contributed by atoms with Gasteiger partial charge in [0.2, 0.25) is 0 Å². The van der Waals surface area contributed by atoms with Crippen molar-refractivity contribution in [2.24, 2.45) is 0 Å². The van der Waals surface area contributed by atoms with Gasteiger partial charge in [-0.2, -0.15) is 5.26 Å². The number of aromatic nitrogens is 1. The topological polar surface area (TPSA) is 36.7 Å². The molecule has 0 saturated carbocycles. The summed E-state index contributed by atoms with van der Waals surface area (Å²) in [4.78, 5) is 4.30. The average Bonchev–Trinajstić information content (AvgIpc) is 2.36. The summed E-state index contributed by atoms with van der Waals surface area (Å²) in [5, 5.41) is 10.8. The quantitative estimate of drug-likeness (QED) is 0.701. The van der Waals surface area contributed by atoms with Crippen molar-refractivity contribution in [3.05, 3.63) is 11.1 Å². The highest BCUT2D eigenvalue weighted by molar-refractivity contribution is 8.01. The van der Waals surface area contributed by atoms with Crippen molar-refractivity contribution in [2.45, 2.75) is 29.9 Å². The van der Waals surface area contributed by atoms with Gasteiger partial charge < -0.3 is 0 Å². The summed E-state index contributed by atoms with van der Waals surface area (Å²) in [6.45, 7) is 4.03. The van der Waals surface area contributed by atoms with Gasteiger partial charge in [0.15, 0.2) is 0 Å². The SMILES string of the molecule is Cc1csc(SC(C)CC#N)n1. The van der Waals surface area contributed by atoms with Gasteiger partial charge in [0, 0.05) is 22.7 Å². The third-order valence-corrected chi connectivity index (χ3v) is 3.47. The second kappa shape index (κ2) is 4.48. The van der Waals surface area contributed by atoms with E-state index >= 15 is 0 Å². The van der Waals surface area contributed by atoms with Crippen molar-refractivity contribution >= 4 is 23.1 Å². The Bertz CT molecular complexity index is 287. The molecule has 0 aliphatic rings. The molecule has 1 unspecified atom stereocenters. The number of thioether (sulfide) groups is 1. The largest absolute Gasteiger partial charge is 0.235 e. The van der Waals surface area contributed by atoms with Crippen molar-refractivity contribution in [3.8, 4) is 6.07 Å². The fraction of sp³-hybridized carbons (Fsp3) is 0.500. The summed E-state index contributed by atoms with van der Waals surface area (Å²) in [5.41, 5.74) is 1.06. The van der Waals surface area contributed by atoms with Crippen LogP contribution < -0.4 is 0 Å². The fourth-order valence-electron chi connectivity index (χ4n) is 0.729. The third kappa shape index (κ3) is 2.84. The van der Waals surface area contributed by atoms with Crippen molar-refractivity contribution in [1.29, 1.82) is 5.26 Å². The molecule has 1 rings (SSSR count). The molecule has 0 radical (unpaired) electrons. The molecule has 1 heterocycles. The van der Waals surface area contributed by atoms with Crippen LogP contribution in [0.1, 0.15) is 19.0 Å². The van der Waals surface area contributed by atoms with Crippen LogP contribution in [0.5, 0.6) is 0 Å². The number of hydrogen-bond donors (Lipinski definition) is 0. The van der Waals surface area contributed by atoms with E-state index in [4.69, 9.17) is 5.26 Å². The van der Waals surface area contributed by atoms with Crippen LogP contribution in [-0.2, 0) is 0 Å². The molecule has 1 aromatic heterocycles. The maximum Gasteiger partial charge on any atom is 0.150 e. The van der Waals surface area contributed by atoms with Crippen LogP contribution in [0.3, 0.4) is 0 Å². The van der Waals surface area contributed by atoms with E-state index < -0.39 is 0 Å². The van der Waals surface area contributed by atoms with Gasteiger partial charge in [-0.3, -0.25) is 0 Å². The van der Waals surface area contributed by atoms with Gasteiger partial charge >= 0.3 is 0 Å². The minimum atomic E-state index is 0.348. The number of thiazole rings is 1. The van der Waals surface area contributed by atoms with Crippen LogP contribution in [0.4, 0.5) is 0 Å². The molecule has 2 nitrogen and oxygen atoms in total. The fourth-order valence-corrected chi connectivity index (χ4v) is 2.81. The van der Waals surface area contributed by atoms with Crippen LogP contribution in [0.25, 0.3) is 0 Å². The van der Waals surface area contributed by atoms with E-state index in [9.17, 15) is 0 Å². The number of nitrogens with zero attached hydrogens (tertiary/aromatic N) is 2. The van der Waals surface area contributed by atoms with Gasteiger partial charge in [-0.1, -0.05) is 18.7 Å². The highest BCUT2D eigenvalue weighted by atomic mass is 32.2. The molecule has 0 aromatic carbocycles. The zero-order chi connectivity index (χ0) is 8.97. The Labute approximate surface area is 80.6 Å². The first-order chi connectivity index (χ1) is 5.72. The van der Waals surface area contributed by atoms with Crippen LogP contribution in [0.15, 0.2) is 9.72 Å². The van der Waals surface area contributed by atoms with E-state index in [1.54, 1.807) is 23.1 Å². The van der Waals surface area contributed by atoms with E-state index in [0.29, 0.717) is 11.7 Å². The normalized spacial score (nSPS) is 12.4. The Kier molecular flexibility index (Phi) is 3.57. The van der Waals surface area contributed by atoms with Crippen LogP contribution in [-0.4, -0.2) is 10.2 Å². The van der Waals surface area contributed by atoms with Crippen LogP contribution in [0.2, 0.25) is 0 Å². The smallest absolute Gasteiger partial charge is 0.150 e. The molecule has 0 fully saturated rings. The maximum atomic E-state index is 8.44. The summed E-state index contributed by atoms with van der Waals surface area (Å²) in [5.74, 6) is 0. The predicted molar refractivity (Wildman–Crippen MR) is 52.4 cm³/mol. The van der Waals surface area contributed by atoms with Crippen molar-refractivity contribution < 1.29 is 0 Å². The lowest BCUT2D eigenvalue weighted by atomic mass is 10.4. The molecular weight excluding hydrogens is 188 g/mol. The standard InChI is InChI=1S/C8H10N2S2/c1-6-5-11-8(10-6)12-7(2)3-4-9/h5,7H,3H2,1-2H3. The Morgan fingerprint density at radius 3 is 3.08 bits per heavy atom. The first-order valence-electron chi connectivity index (χ1n) is 3.68. The molecule has 0 bridgehead atoms. The van der Waals surface area contributed by atoms with E-state index in [2.05, 4.69) is 11.1 Å². The highest BCUT2D eigenvalue weighted by Crippen LogP contribution is 2.27. The molecule has 4 heteroatoms. The zero-order valence-corrected chi connectivity index (χ0v) is 8.71. The molecule has 0 aliphatic carbocycles. The number of rotatable bonds is 3. The molecule has 1 aromatic rings. The molecule has 0 N–H and O–H groups in total. The monoisotopic (exact) mass is 198 g/mol. The predicted octanol–water partition coefficient (Wildman–Crippen LogP) is 2.85. The van der Waals surface area contributed by atoms with Gasteiger partial charge in [0.1, 0.15) is 4.34 Å². The summed E-state index contributed by atoms with van der Waals surface area (Å²) < 4.78 is 1.07. The average molecular weight is 198 g/mol. The lowest BCUT2D eigenvalue weighted by Gasteiger charge is -2.01. The lowest BCUT2D eigenvalue weighted by Crippen LogP contribution is -1.92. The van der Waals surface area contributed by atoms with Gasteiger partial charge in [0.05, 0.1) is 6.07 Å². The van der Waals surface area contributed by atoms with E-state index in [0.717, 1.165) is 10.0 Å². The summed E-state index contributed by atoms with van der Waals surface area (Å²) in [7, 11) is 0. The van der Waals surface area contributed by atoms with E-state index in [-0.39, 0.29) is 0 Å². The van der Waals surface area contributed by atoms with Gasteiger partial charge in [-0.25, -0.2) is 4.98 Å². The van der Waals surface area contributed by atoms with Crippen molar-refractivity contribution in [2.75, 3.05) is 0 Å². The van der Waals surface area contributed by atoms with Crippen LogP contribution >= 0.6 is 23.1 Å². The zero-order valence-electron chi connectivity index (χ0n) is 7.07. The first-order valence-corrected chi connectivity index (χ1v) is 5.44. The van der Waals surface area contributed by atoms with E-state index in [1.165, 1.54) is 0 Å². The summed E-state index contributed by atoms with van der Waals surface area (Å²) in [6, 6.07) is 2.15. The van der Waals surface area contributed by atoms with Crippen molar-refractivity contribution in [1.82, 2.24) is 4.98 Å². The Morgan fingerprint density at radius 1 is 1.83 bits per heavy atom. The molecular formula is C8H10N2S2. The third-order valence-electron chi connectivity index (χ3n) is 1.28. The van der Waals surface area contributed by atoms with Gasteiger partial charge in [-0.05, 0) is 6.92 Å². The maximum absolute atomic E-state index is 8.44. The Morgan fingerprint density at radius 2 is 2.58 bits per heavy atom. The number of nitriles is 1. The van der Waals surface area contributed by atoms with E-state index in [1.807, 2.05) is 19.2 Å². The first kappa shape index (κ1) is 9.56. The Hall–Kier alpha value is -0.530. The number of aryl methyl sites for hydroxylation is 1. The molecule has 1 atom stereocenters. The van der Waals surface area contributed by atoms with Crippen LogP contribution in [0, 0.1) is 18.3 Å². The second-order valence-electron chi connectivity index (χ2n) is 2.55. The van der Waals surface area contributed by atoms with Gasteiger partial charge in [0.25, 0.3) is 0 Å². The molecule has 0 spiro atoms. The number of hydrogen-bond acceptors (Lipinski definition) is 4. The second-order valence-corrected chi connectivity index (χ2v) is 5.09. The molecule has 0 aliphatic heterocycles. The molecule has 0 amide bonds. The summed E-state index contributed by atoms with van der Waals surface area (Å²) in [6.07, 6.45) is 0.587.